The van der Waals surface area contributed by atoms with Gasteiger partial charge >= 0.3 is 0 Å². The Morgan fingerprint density at radius 2 is 1.79 bits per heavy atom. The lowest BCUT2D eigenvalue weighted by molar-refractivity contribution is -0.140. The molecule has 3 amide bonds. The quantitative estimate of drug-likeness (QED) is 0.459. The van der Waals surface area contributed by atoms with Gasteiger partial charge in [-0.3, -0.25) is 19.3 Å². The summed E-state index contributed by atoms with van der Waals surface area (Å²) in [6.07, 6.45) is 10.1. The molecule has 1 aromatic heterocycles. The Balaban J connectivity index is 1.36. The molecule has 9 nitrogen and oxygen atoms in total. The molecular weight excluding hydrogens is 540 g/mol. The number of rotatable bonds is 6. The van der Waals surface area contributed by atoms with Crippen LogP contribution in [0.15, 0.2) is 67.3 Å². The standard InChI is InChI=1S/C34H44N6O3/c1-26(2)15-20-39-23-31(41)37-34(16-7-9-28-8-3-4-10-30(28)34)33(43)36-17-5-6-19-38(24-32(39)42)22-27-11-13-29(14-12-27)40-21-18-35-25-40/h3-4,8,10-14,18,21,25-26H,5-7,9,15-17,19-20,22-24H2,1-2H3,(H,36,43)(H,37,41). The van der Waals surface area contributed by atoms with Crippen LogP contribution >= 0.6 is 0 Å². The van der Waals surface area contributed by atoms with Gasteiger partial charge < -0.3 is 20.1 Å². The van der Waals surface area contributed by atoms with Crippen LogP contribution < -0.4 is 10.6 Å². The van der Waals surface area contributed by atoms with Gasteiger partial charge in [0.1, 0.15) is 5.54 Å². The number of aromatic nitrogens is 2. The molecule has 3 aromatic rings. The zero-order chi connectivity index (χ0) is 30.2. The predicted molar refractivity (Wildman–Crippen MR) is 166 cm³/mol. The molecule has 2 aliphatic rings. The van der Waals surface area contributed by atoms with E-state index >= 15 is 0 Å². The van der Waals surface area contributed by atoms with Crippen molar-refractivity contribution < 1.29 is 14.4 Å². The minimum atomic E-state index is -1.13. The Morgan fingerprint density at radius 1 is 0.977 bits per heavy atom. The second kappa shape index (κ2) is 14.0. The number of imidazole rings is 1. The predicted octanol–water partition coefficient (Wildman–Crippen LogP) is 3.81. The maximum atomic E-state index is 13.8. The molecule has 1 unspecified atom stereocenters. The molecule has 1 aliphatic heterocycles. The topological polar surface area (TPSA) is 99.6 Å². The second-order valence-corrected chi connectivity index (χ2v) is 12.3. The highest BCUT2D eigenvalue weighted by molar-refractivity contribution is 5.94. The lowest BCUT2D eigenvalue weighted by atomic mass is 9.75. The van der Waals surface area contributed by atoms with Crippen molar-refractivity contribution in [1.82, 2.24) is 30.0 Å². The van der Waals surface area contributed by atoms with Crippen LogP contribution in [0.2, 0.25) is 0 Å². The molecule has 2 aromatic carbocycles. The van der Waals surface area contributed by atoms with Crippen molar-refractivity contribution in [2.24, 2.45) is 5.92 Å². The van der Waals surface area contributed by atoms with Crippen LogP contribution in [0.4, 0.5) is 0 Å². The van der Waals surface area contributed by atoms with E-state index in [4.69, 9.17) is 0 Å². The number of aryl methyl sites for hydroxylation is 1. The second-order valence-electron chi connectivity index (χ2n) is 12.3. The van der Waals surface area contributed by atoms with E-state index in [9.17, 15) is 14.4 Å². The van der Waals surface area contributed by atoms with Gasteiger partial charge in [-0.05, 0) is 79.8 Å². The molecule has 0 bridgehead atoms. The van der Waals surface area contributed by atoms with Gasteiger partial charge in [-0.1, -0.05) is 50.2 Å². The third-order valence-electron chi connectivity index (χ3n) is 8.57. The van der Waals surface area contributed by atoms with Gasteiger partial charge in [-0.25, -0.2) is 4.98 Å². The summed E-state index contributed by atoms with van der Waals surface area (Å²) in [4.78, 5) is 49.3. The molecule has 1 fully saturated rings. The summed E-state index contributed by atoms with van der Waals surface area (Å²) in [7, 11) is 0. The van der Waals surface area contributed by atoms with Crippen LogP contribution in [0.25, 0.3) is 5.69 Å². The maximum absolute atomic E-state index is 13.8. The summed E-state index contributed by atoms with van der Waals surface area (Å²) in [5.41, 5.74) is 2.96. The maximum Gasteiger partial charge on any atom is 0.250 e. The zero-order valence-electron chi connectivity index (χ0n) is 25.4. The average Bonchev–Trinajstić information content (AvgIpc) is 3.54. The molecule has 43 heavy (non-hydrogen) atoms. The van der Waals surface area contributed by atoms with Gasteiger partial charge in [0.25, 0.3) is 0 Å². The summed E-state index contributed by atoms with van der Waals surface area (Å²) < 4.78 is 1.96. The summed E-state index contributed by atoms with van der Waals surface area (Å²) in [5, 5.41) is 6.28. The highest BCUT2D eigenvalue weighted by Gasteiger charge is 2.44. The molecule has 228 valence electrons. The van der Waals surface area contributed by atoms with E-state index in [-0.39, 0.29) is 30.8 Å². The van der Waals surface area contributed by atoms with Crippen molar-refractivity contribution in [3.05, 3.63) is 83.9 Å². The number of hydrogen-bond donors (Lipinski definition) is 2. The number of amides is 3. The Bertz CT molecular complexity index is 1390. The van der Waals surface area contributed by atoms with Gasteiger partial charge in [0.15, 0.2) is 0 Å². The van der Waals surface area contributed by atoms with E-state index in [1.807, 2.05) is 35.0 Å². The lowest BCUT2D eigenvalue weighted by Crippen LogP contribution is -2.60. The number of benzene rings is 2. The van der Waals surface area contributed by atoms with Crippen molar-refractivity contribution in [2.75, 3.05) is 32.7 Å². The van der Waals surface area contributed by atoms with E-state index in [1.54, 1.807) is 17.4 Å². The normalized spacial score (nSPS) is 20.9. The van der Waals surface area contributed by atoms with Gasteiger partial charge in [-0.2, -0.15) is 0 Å². The number of carbonyl (C=O) groups excluding carboxylic acids is 3. The monoisotopic (exact) mass is 584 g/mol. The highest BCUT2D eigenvalue weighted by atomic mass is 16.2. The molecule has 0 radical (unpaired) electrons. The van der Waals surface area contributed by atoms with Crippen LogP contribution in [-0.2, 0) is 32.9 Å². The van der Waals surface area contributed by atoms with Gasteiger partial charge in [0.05, 0.1) is 19.4 Å². The van der Waals surface area contributed by atoms with E-state index in [0.717, 1.165) is 54.5 Å². The number of hydrogen-bond acceptors (Lipinski definition) is 5. The Hall–Kier alpha value is -3.98. The van der Waals surface area contributed by atoms with Crippen LogP contribution in [0.1, 0.15) is 62.6 Å². The van der Waals surface area contributed by atoms with Gasteiger partial charge in [-0.15, -0.1) is 0 Å². The number of carbonyl (C=O) groups is 3. The van der Waals surface area contributed by atoms with Crippen molar-refractivity contribution in [2.45, 2.75) is 64.5 Å². The third kappa shape index (κ3) is 7.51. The smallest absolute Gasteiger partial charge is 0.250 e. The molecule has 2 N–H and O–H groups in total. The van der Waals surface area contributed by atoms with Crippen LogP contribution in [0.3, 0.4) is 0 Å². The first-order valence-electron chi connectivity index (χ1n) is 15.6. The van der Waals surface area contributed by atoms with Crippen molar-refractivity contribution >= 4 is 17.7 Å². The molecule has 1 saturated heterocycles. The highest BCUT2D eigenvalue weighted by Crippen LogP contribution is 2.36. The number of nitrogens with zero attached hydrogens (tertiary/aromatic N) is 4. The van der Waals surface area contributed by atoms with Gasteiger partial charge in [0, 0.05) is 37.7 Å². The van der Waals surface area contributed by atoms with E-state index in [0.29, 0.717) is 38.5 Å². The molecule has 2 heterocycles. The van der Waals surface area contributed by atoms with Crippen LogP contribution in [-0.4, -0.2) is 69.8 Å². The van der Waals surface area contributed by atoms with E-state index in [2.05, 4.69) is 58.6 Å². The molecule has 9 heteroatoms. The summed E-state index contributed by atoms with van der Waals surface area (Å²) in [5.74, 6) is -0.149. The third-order valence-corrected chi connectivity index (χ3v) is 8.57. The minimum Gasteiger partial charge on any atom is -0.354 e. The van der Waals surface area contributed by atoms with Crippen molar-refractivity contribution in [3.63, 3.8) is 0 Å². The molecule has 1 atom stereocenters. The molecular formula is C34H44N6O3. The number of fused-ring (bicyclic) bond motifs is 2. The summed E-state index contributed by atoms with van der Waals surface area (Å²) in [6.45, 7) is 6.73. The first-order valence-corrected chi connectivity index (χ1v) is 15.6. The first-order chi connectivity index (χ1) is 20.8. The Morgan fingerprint density at radius 3 is 2.56 bits per heavy atom. The van der Waals surface area contributed by atoms with Crippen molar-refractivity contribution in [1.29, 1.82) is 0 Å². The fourth-order valence-electron chi connectivity index (χ4n) is 6.17. The van der Waals surface area contributed by atoms with E-state index in [1.165, 1.54) is 0 Å². The van der Waals surface area contributed by atoms with Crippen LogP contribution in [0, 0.1) is 5.92 Å². The molecule has 1 spiro atoms. The van der Waals surface area contributed by atoms with E-state index < -0.39 is 5.54 Å². The average molecular weight is 585 g/mol. The fraction of sp³-hybridized carbons (Fsp3) is 0.471. The first kappa shape index (κ1) is 30.5. The Kier molecular flexibility index (Phi) is 9.92. The minimum absolute atomic E-state index is 0.0644. The molecule has 1 aliphatic carbocycles. The largest absolute Gasteiger partial charge is 0.354 e. The molecule has 5 rings (SSSR count). The van der Waals surface area contributed by atoms with Crippen LogP contribution in [0.5, 0.6) is 0 Å². The SMILES string of the molecule is CC(C)CCN1CC(=O)NC2(CCCc3ccccc32)C(=O)NCCCCN(Cc2ccc(-n3ccnc3)cc2)CC1=O. The van der Waals surface area contributed by atoms with Crippen molar-refractivity contribution in [3.8, 4) is 5.69 Å². The Labute approximate surface area is 254 Å². The van der Waals surface area contributed by atoms with Gasteiger partial charge in [0.2, 0.25) is 17.7 Å². The summed E-state index contributed by atoms with van der Waals surface area (Å²) in [6, 6.07) is 16.2. The summed E-state index contributed by atoms with van der Waals surface area (Å²) >= 11 is 0. The lowest BCUT2D eigenvalue weighted by Gasteiger charge is -2.39. The zero-order valence-corrected chi connectivity index (χ0v) is 25.4. The molecule has 0 saturated carbocycles. The fourth-order valence-corrected chi connectivity index (χ4v) is 6.17. The number of nitrogens with one attached hydrogen (secondary N) is 2.